The van der Waals surface area contributed by atoms with Gasteiger partial charge < -0.3 is 9.55 Å². The zero-order valence-corrected chi connectivity index (χ0v) is 9.90. The van der Waals surface area contributed by atoms with Crippen LogP contribution in [0.1, 0.15) is 26.2 Å². The first-order valence-electron chi connectivity index (χ1n) is 5.51. The fourth-order valence-corrected chi connectivity index (χ4v) is 2.96. The zero-order valence-electron chi connectivity index (χ0n) is 9.09. The Morgan fingerprint density at radius 1 is 1.44 bits per heavy atom. The summed E-state index contributed by atoms with van der Waals surface area (Å²) >= 11 is 5.33. The van der Waals surface area contributed by atoms with Crippen LogP contribution in [0.4, 0.5) is 4.39 Å². The molecule has 16 heavy (non-hydrogen) atoms. The van der Waals surface area contributed by atoms with E-state index in [2.05, 4.69) is 16.5 Å². The highest BCUT2D eigenvalue weighted by Crippen LogP contribution is 2.40. The minimum atomic E-state index is -0.227. The van der Waals surface area contributed by atoms with Gasteiger partial charge >= 0.3 is 0 Å². The van der Waals surface area contributed by atoms with Gasteiger partial charge in [0.15, 0.2) is 4.77 Å². The molecule has 0 spiro atoms. The molecule has 1 saturated carbocycles. The van der Waals surface area contributed by atoms with Crippen LogP contribution in [0, 0.1) is 10.6 Å². The predicted octanol–water partition coefficient (Wildman–Crippen LogP) is 3.74. The van der Waals surface area contributed by atoms with Crippen molar-refractivity contribution < 1.29 is 4.39 Å². The van der Waals surface area contributed by atoms with Gasteiger partial charge in [-0.05, 0) is 56.6 Å². The van der Waals surface area contributed by atoms with Crippen LogP contribution in [0.25, 0.3) is 11.0 Å². The second kappa shape index (κ2) is 3.17. The van der Waals surface area contributed by atoms with Crippen LogP contribution in [0.2, 0.25) is 0 Å². The summed E-state index contributed by atoms with van der Waals surface area (Å²) in [6.45, 7) is 2.21. The average Bonchev–Trinajstić information content (AvgIpc) is 2.50. The minimum absolute atomic E-state index is 0.118. The number of imidazole rings is 1. The van der Waals surface area contributed by atoms with Gasteiger partial charge in [-0.25, -0.2) is 4.39 Å². The summed E-state index contributed by atoms with van der Waals surface area (Å²) in [7, 11) is 0. The van der Waals surface area contributed by atoms with Crippen LogP contribution >= 0.6 is 12.2 Å². The van der Waals surface area contributed by atoms with E-state index in [0.29, 0.717) is 4.77 Å². The van der Waals surface area contributed by atoms with Gasteiger partial charge in [-0.2, -0.15) is 0 Å². The normalized spacial score (nSPS) is 18.6. The molecule has 1 aromatic heterocycles. The minimum Gasteiger partial charge on any atom is -0.330 e. The van der Waals surface area contributed by atoms with Gasteiger partial charge in [-0.1, -0.05) is 0 Å². The Kier molecular flexibility index (Phi) is 1.98. The number of hydrogen-bond acceptors (Lipinski definition) is 1. The van der Waals surface area contributed by atoms with Crippen molar-refractivity contribution in [2.45, 2.75) is 31.7 Å². The van der Waals surface area contributed by atoms with Gasteiger partial charge in [0.05, 0.1) is 11.0 Å². The van der Waals surface area contributed by atoms with E-state index in [1.165, 1.54) is 18.6 Å². The van der Waals surface area contributed by atoms with Gasteiger partial charge in [0.25, 0.3) is 0 Å². The Morgan fingerprint density at radius 2 is 2.19 bits per heavy atom. The number of aromatic amines is 1. The first-order chi connectivity index (χ1) is 7.60. The standard InChI is InChI=1S/C12H13FN2S/c1-12(5-2-6-12)15-10-4-3-8(13)7-9(10)14-11(15)16/h3-4,7H,2,5-6H2,1H3,(H,14,16). The number of benzene rings is 1. The Hall–Kier alpha value is -1.16. The third-order valence-corrected chi connectivity index (χ3v) is 3.90. The van der Waals surface area contributed by atoms with Gasteiger partial charge in [0.2, 0.25) is 0 Å². The second-order valence-corrected chi connectivity index (χ2v) is 5.16. The molecule has 0 bridgehead atoms. The van der Waals surface area contributed by atoms with Crippen molar-refractivity contribution in [3.05, 3.63) is 28.8 Å². The molecule has 1 aromatic carbocycles. The lowest BCUT2D eigenvalue weighted by atomic mass is 9.78. The molecule has 0 unspecified atom stereocenters. The largest absolute Gasteiger partial charge is 0.330 e. The van der Waals surface area contributed by atoms with E-state index >= 15 is 0 Å². The van der Waals surface area contributed by atoms with Gasteiger partial charge in [0, 0.05) is 5.54 Å². The quantitative estimate of drug-likeness (QED) is 0.748. The summed E-state index contributed by atoms with van der Waals surface area (Å²) in [6.07, 6.45) is 3.53. The van der Waals surface area contributed by atoms with Crippen molar-refractivity contribution >= 4 is 23.3 Å². The summed E-state index contributed by atoms with van der Waals surface area (Å²) in [6, 6.07) is 4.80. The highest BCUT2D eigenvalue weighted by molar-refractivity contribution is 7.71. The smallest absolute Gasteiger partial charge is 0.178 e. The number of nitrogens with one attached hydrogen (secondary N) is 1. The van der Waals surface area contributed by atoms with Crippen molar-refractivity contribution in [3.63, 3.8) is 0 Å². The molecule has 0 saturated heterocycles. The fourth-order valence-electron chi connectivity index (χ4n) is 2.53. The van der Waals surface area contributed by atoms with Crippen molar-refractivity contribution in [1.82, 2.24) is 9.55 Å². The molecule has 0 amide bonds. The maximum absolute atomic E-state index is 13.1. The van der Waals surface area contributed by atoms with E-state index in [0.717, 1.165) is 23.9 Å². The molecule has 4 heteroatoms. The Balaban J connectivity index is 2.32. The van der Waals surface area contributed by atoms with Crippen LogP contribution < -0.4 is 0 Å². The van der Waals surface area contributed by atoms with Crippen LogP contribution in [0.3, 0.4) is 0 Å². The van der Waals surface area contributed by atoms with E-state index in [1.807, 2.05) is 0 Å². The summed E-state index contributed by atoms with van der Waals surface area (Å²) in [5.41, 5.74) is 1.92. The summed E-state index contributed by atoms with van der Waals surface area (Å²) in [5.74, 6) is -0.227. The monoisotopic (exact) mass is 236 g/mol. The second-order valence-electron chi connectivity index (χ2n) is 4.78. The molecule has 3 rings (SSSR count). The first-order valence-corrected chi connectivity index (χ1v) is 5.92. The highest BCUT2D eigenvalue weighted by atomic mass is 32.1. The molecule has 0 radical (unpaired) electrons. The van der Waals surface area contributed by atoms with E-state index in [4.69, 9.17) is 12.2 Å². The third-order valence-electron chi connectivity index (χ3n) is 3.61. The summed E-state index contributed by atoms with van der Waals surface area (Å²) in [5, 5.41) is 0. The topological polar surface area (TPSA) is 20.7 Å². The summed E-state index contributed by atoms with van der Waals surface area (Å²) < 4.78 is 15.9. The molecule has 1 fully saturated rings. The summed E-state index contributed by atoms with van der Waals surface area (Å²) in [4.78, 5) is 3.08. The van der Waals surface area contributed by atoms with Crippen LogP contribution in [-0.4, -0.2) is 9.55 Å². The molecular formula is C12H13FN2S. The number of hydrogen-bond donors (Lipinski definition) is 1. The maximum Gasteiger partial charge on any atom is 0.178 e. The number of halogens is 1. The van der Waals surface area contributed by atoms with E-state index in [9.17, 15) is 4.39 Å². The molecule has 2 nitrogen and oxygen atoms in total. The van der Waals surface area contributed by atoms with Crippen LogP contribution in [0.15, 0.2) is 18.2 Å². The first kappa shape index (κ1) is 10.0. The third kappa shape index (κ3) is 1.26. The highest BCUT2D eigenvalue weighted by Gasteiger charge is 2.35. The Labute approximate surface area is 98.1 Å². The lowest BCUT2D eigenvalue weighted by Gasteiger charge is -2.40. The fraction of sp³-hybridized carbons (Fsp3) is 0.417. The van der Waals surface area contributed by atoms with Gasteiger partial charge in [0.1, 0.15) is 5.82 Å². The molecule has 84 valence electrons. The molecule has 0 atom stereocenters. The molecule has 1 heterocycles. The maximum atomic E-state index is 13.1. The lowest BCUT2D eigenvalue weighted by Crippen LogP contribution is -2.37. The van der Waals surface area contributed by atoms with Crippen LogP contribution in [0.5, 0.6) is 0 Å². The molecule has 1 aliphatic rings. The number of fused-ring (bicyclic) bond motifs is 1. The van der Waals surface area contributed by atoms with Gasteiger partial charge in [-0.3, -0.25) is 0 Å². The van der Waals surface area contributed by atoms with Crippen molar-refractivity contribution in [1.29, 1.82) is 0 Å². The average molecular weight is 236 g/mol. The van der Waals surface area contributed by atoms with E-state index in [1.54, 1.807) is 6.07 Å². The van der Waals surface area contributed by atoms with E-state index in [-0.39, 0.29) is 11.4 Å². The Morgan fingerprint density at radius 3 is 2.81 bits per heavy atom. The SMILES string of the molecule is CC1(n2c(=S)[nH]c3cc(F)ccc32)CCC1. The van der Waals surface area contributed by atoms with Gasteiger partial charge in [-0.15, -0.1) is 0 Å². The van der Waals surface area contributed by atoms with Crippen molar-refractivity contribution in [2.24, 2.45) is 0 Å². The van der Waals surface area contributed by atoms with Crippen LogP contribution in [-0.2, 0) is 5.54 Å². The molecule has 1 aliphatic carbocycles. The Bertz CT molecular complexity index is 607. The molecule has 1 N–H and O–H groups in total. The lowest BCUT2D eigenvalue weighted by molar-refractivity contribution is 0.172. The predicted molar refractivity (Wildman–Crippen MR) is 64.6 cm³/mol. The van der Waals surface area contributed by atoms with Crippen molar-refractivity contribution in [3.8, 4) is 0 Å². The molecular weight excluding hydrogens is 223 g/mol. The zero-order chi connectivity index (χ0) is 11.3. The number of nitrogens with zero attached hydrogens (tertiary/aromatic N) is 1. The number of H-pyrrole nitrogens is 1. The molecule has 2 aromatic rings. The number of rotatable bonds is 1. The van der Waals surface area contributed by atoms with E-state index < -0.39 is 0 Å². The van der Waals surface area contributed by atoms with Crippen molar-refractivity contribution in [2.75, 3.05) is 0 Å². The molecule has 0 aliphatic heterocycles. The number of aromatic nitrogens is 2.